The summed E-state index contributed by atoms with van der Waals surface area (Å²) in [7, 11) is -3.66. The fourth-order valence-electron chi connectivity index (χ4n) is 4.82. The molecule has 37 heavy (non-hydrogen) atoms. The molecule has 1 fully saturated rings. The first kappa shape index (κ1) is 25.5. The number of rotatable bonds is 7. The number of benzene rings is 2. The number of thiazole rings is 1. The maximum absolute atomic E-state index is 14.1. The fraction of sp³-hybridized carbons (Fsp3) is 0.346. The van der Waals surface area contributed by atoms with Crippen molar-refractivity contribution in [3.05, 3.63) is 65.6 Å². The standard InChI is InChI=1S/C26H28FN5O3S2/c1-3-31(19-8-5-4-6-9-19)37(34,35)20-14-12-18(13-15-20)25(33)28-23-16-17(2)30-32(23)26-29-24-21(27)10-7-11-22(24)36-26/h7,10-16,19H,3-6,8-9H2,1-2H3,(H,28,33). The molecule has 2 aromatic carbocycles. The molecular formula is C26H28FN5O3S2. The van der Waals surface area contributed by atoms with E-state index in [4.69, 9.17) is 0 Å². The molecule has 0 atom stereocenters. The number of nitrogens with zero attached hydrogens (tertiary/aromatic N) is 4. The average Bonchev–Trinajstić information content (AvgIpc) is 3.49. The lowest BCUT2D eigenvalue weighted by Crippen LogP contribution is -2.41. The zero-order chi connectivity index (χ0) is 26.2. The van der Waals surface area contributed by atoms with Gasteiger partial charge in [0.25, 0.3) is 5.91 Å². The minimum absolute atomic E-state index is 0.0197. The molecule has 0 aliphatic heterocycles. The van der Waals surface area contributed by atoms with Gasteiger partial charge >= 0.3 is 0 Å². The van der Waals surface area contributed by atoms with Crippen molar-refractivity contribution in [2.45, 2.75) is 56.9 Å². The van der Waals surface area contributed by atoms with Crippen molar-refractivity contribution in [1.29, 1.82) is 0 Å². The van der Waals surface area contributed by atoms with Crippen LogP contribution in [0.25, 0.3) is 15.3 Å². The Kier molecular flexibility index (Phi) is 7.11. The van der Waals surface area contributed by atoms with Gasteiger partial charge in [-0.2, -0.15) is 14.1 Å². The topological polar surface area (TPSA) is 97.2 Å². The van der Waals surface area contributed by atoms with E-state index in [0.717, 1.165) is 32.1 Å². The predicted octanol–water partition coefficient (Wildman–Crippen LogP) is 5.53. The molecule has 4 aromatic rings. The minimum Gasteiger partial charge on any atom is -0.306 e. The summed E-state index contributed by atoms with van der Waals surface area (Å²) in [6, 6.07) is 12.4. The number of hydrogen-bond acceptors (Lipinski definition) is 6. The van der Waals surface area contributed by atoms with Crippen molar-refractivity contribution in [2.24, 2.45) is 0 Å². The van der Waals surface area contributed by atoms with Gasteiger partial charge in [-0.1, -0.05) is 43.6 Å². The largest absolute Gasteiger partial charge is 0.306 e. The number of sulfonamides is 1. The van der Waals surface area contributed by atoms with Crippen LogP contribution < -0.4 is 5.32 Å². The maximum atomic E-state index is 14.1. The number of anilines is 1. The second kappa shape index (κ2) is 10.3. The lowest BCUT2D eigenvalue weighted by Gasteiger charge is -2.32. The van der Waals surface area contributed by atoms with E-state index in [2.05, 4.69) is 15.4 Å². The number of halogens is 1. The van der Waals surface area contributed by atoms with Gasteiger partial charge in [-0.25, -0.2) is 17.8 Å². The number of hydrogen-bond donors (Lipinski definition) is 1. The van der Waals surface area contributed by atoms with Crippen LogP contribution in [0.4, 0.5) is 10.2 Å². The van der Waals surface area contributed by atoms with E-state index in [0.29, 0.717) is 33.5 Å². The Labute approximate surface area is 219 Å². The molecule has 1 aliphatic carbocycles. The van der Waals surface area contributed by atoms with Gasteiger partial charge in [-0.15, -0.1) is 0 Å². The summed E-state index contributed by atoms with van der Waals surface area (Å²) in [5.41, 5.74) is 1.21. The molecule has 0 spiro atoms. The highest BCUT2D eigenvalue weighted by molar-refractivity contribution is 7.89. The second-order valence-electron chi connectivity index (χ2n) is 9.14. The van der Waals surface area contributed by atoms with Crippen molar-refractivity contribution >= 4 is 43.3 Å². The highest BCUT2D eigenvalue weighted by Gasteiger charge is 2.31. The van der Waals surface area contributed by atoms with Crippen molar-refractivity contribution < 1.29 is 17.6 Å². The highest BCUT2D eigenvalue weighted by atomic mass is 32.2. The van der Waals surface area contributed by atoms with Gasteiger partial charge in [-0.3, -0.25) is 4.79 Å². The summed E-state index contributed by atoms with van der Waals surface area (Å²) in [6.45, 7) is 4.05. The number of fused-ring (bicyclic) bond motifs is 1. The van der Waals surface area contributed by atoms with Crippen LogP contribution in [0.15, 0.2) is 53.4 Å². The van der Waals surface area contributed by atoms with Gasteiger partial charge in [0.05, 0.1) is 15.3 Å². The van der Waals surface area contributed by atoms with Gasteiger partial charge in [0.2, 0.25) is 15.2 Å². The van der Waals surface area contributed by atoms with Crippen LogP contribution in [0.3, 0.4) is 0 Å². The normalized spacial score (nSPS) is 14.9. The van der Waals surface area contributed by atoms with Crippen molar-refractivity contribution in [3.8, 4) is 5.13 Å². The van der Waals surface area contributed by atoms with E-state index in [1.165, 1.54) is 46.4 Å². The third kappa shape index (κ3) is 5.03. The van der Waals surface area contributed by atoms with Crippen LogP contribution in [0.5, 0.6) is 0 Å². The number of nitrogens with one attached hydrogen (secondary N) is 1. The van der Waals surface area contributed by atoms with Crippen LogP contribution in [-0.4, -0.2) is 46.0 Å². The van der Waals surface area contributed by atoms with Crippen LogP contribution in [0.1, 0.15) is 55.1 Å². The number of carbonyl (C=O) groups excluding carboxylic acids is 1. The molecule has 1 amide bonds. The van der Waals surface area contributed by atoms with E-state index in [1.807, 2.05) is 6.92 Å². The SMILES string of the molecule is CCN(C1CCCCC1)S(=O)(=O)c1ccc(C(=O)Nc2cc(C)nn2-c2nc3c(F)cccc3s2)cc1. The molecule has 0 saturated heterocycles. The molecule has 0 radical (unpaired) electrons. The number of para-hydroxylation sites is 1. The molecule has 194 valence electrons. The van der Waals surface area contributed by atoms with Crippen molar-refractivity contribution in [1.82, 2.24) is 19.1 Å². The maximum Gasteiger partial charge on any atom is 0.256 e. The fourth-order valence-corrected chi connectivity index (χ4v) is 7.46. The van der Waals surface area contributed by atoms with Crippen molar-refractivity contribution in [2.75, 3.05) is 11.9 Å². The quantitative estimate of drug-likeness (QED) is 0.332. The highest BCUT2D eigenvalue weighted by Crippen LogP contribution is 2.30. The van der Waals surface area contributed by atoms with E-state index in [-0.39, 0.29) is 16.5 Å². The molecule has 2 aromatic heterocycles. The van der Waals surface area contributed by atoms with Crippen molar-refractivity contribution in [3.63, 3.8) is 0 Å². The number of carbonyl (C=O) groups is 1. The summed E-state index contributed by atoms with van der Waals surface area (Å²) in [5.74, 6) is -0.459. The first-order chi connectivity index (χ1) is 17.8. The van der Waals surface area contributed by atoms with Crippen LogP contribution in [0, 0.1) is 12.7 Å². The molecule has 1 N–H and O–H groups in total. The van der Waals surface area contributed by atoms with Crippen LogP contribution >= 0.6 is 11.3 Å². The van der Waals surface area contributed by atoms with Crippen LogP contribution in [-0.2, 0) is 10.0 Å². The van der Waals surface area contributed by atoms with Gasteiger partial charge in [-0.05, 0) is 56.2 Å². The Morgan fingerprint density at radius 1 is 1.16 bits per heavy atom. The zero-order valence-electron chi connectivity index (χ0n) is 20.6. The average molecular weight is 542 g/mol. The summed E-state index contributed by atoms with van der Waals surface area (Å²) in [5, 5.41) is 7.66. The minimum atomic E-state index is -3.66. The lowest BCUT2D eigenvalue weighted by atomic mass is 9.95. The molecule has 8 nitrogen and oxygen atoms in total. The van der Waals surface area contributed by atoms with E-state index >= 15 is 0 Å². The molecule has 11 heteroatoms. The molecule has 0 bridgehead atoms. The van der Waals surface area contributed by atoms with Crippen LogP contribution in [0.2, 0.25) is 0 Å². The predicted molar refractivity (Wildman–Crippen MR) is 142 cm³/mol. The first-order valence-electron chi connectivity index (χ1n) is 12.3. The summed E-state index contributed by atoms with van der Waals surface area (Å²) < 4.78 is 44.5. The molecule has 5 rings (SSSR count). The zero-order valence-corrected chi connectivity index (χ0v) is 22.3. The van der Waals surface area contributed by atoms with Gasteiger partial charge < -0.3 is 5.32 Å². The van der Waals surface area contributed by atoms with Gasteiger partial charge in [0, 0.05) is 24.2 Å². The number of aryl methyl sites for hydroxylation is 1. The lowest BCUT2D eigenvalue weighted by molar-refractivity contribution is 0.102. The van der Waals surface area contributed by atoms with E-state index in [1.54, 1.807) is 29.4 Å². The molecule has 1 saturated carbocycles. The van der Waals surface area contributed by atoms with E-state index in [9.17, 15) is 17.6 Å². The second-order valence-corrected chi connectivity index (χ2v) is 12.0. The third-order valence-corrected chi connectivity index (χ3v) is 9.67. The molecular weight excluding hydrogens is 513 g/mol. The Bertz CT molecular complexity index is 1540. The third-order valence-electron chi connectivity index (χ3n) is 6.63. The van der Waals surface area contributed by atoms with E-state index < -0.39 is 21.7 Å². The Balaban J connectivity index is 1.36. The Morgan fingerprint density at radius 3 is 2.57 bits per heavy atom. The molecule has 0 unspecified atom stereocenters. The molecule has 2 heterocycles. The van der Waals surface area contributed by atoms with Gasteiger partial charge in [0.1, 0.15) is 17.2 Å². The number of aromatic nitrogens is 3. The smallest absolute Gasteiger partial charge is 0.256 e. The molecule has 1 aliphatic rings. The summed E-state index contributed by atoms with van der Waals surface area (Å²) in [4.78, 5) is 17.6. The Hall–Kier alpha value is -3.15. The summed E-state index contributed by atoms with van der Waals surface area (Å²) in [6.07, 6.45) is 4.98. The summed E-state index contributed by atoms with van der Waals surface area (Å²) >= 11 is 1.26. The monoisotopic (exact) mass is 541 g/mol. The van der Waals surface area contributed by atoms with Gasteiger partial charge in [0.15, 0.2) is 0 Å². The Morgan fingerprint density at radius 2 is 1.89 bits per heavy atom. The number of amides is 1. The first-order valence-corrected chi connectivity index (χ1v) is 14.6.